The molecule has 86 valence electrons. The van der Waals surface area contributed by atoms with Crippen molar-refractivity contribution in [3.8, 4) is 12.3 Å². The standard InChI is InChI=1S/C11H12FNO2S/c1-4-5-13-16(14,15)11-8(2)6-10(12)7-9(11)3/h1,6-7,13H,5H2,2-3H3. The lowest BCUT2D eigenvalue weighted by Gasteiger charge is -2.10. The summed E-state index contributed by atoms with van der Waals surface area (Å²) in [6.07, 6.45) is 4.98. The van der Waals surface area contributed by atoms with E-state index in [9.17, 15) is 12.8 Å². The van der Waals surface area contributed by atoms with E-state index in [1.54, 1.807) is 13.8 Å². The van der Waals surface area contributed by atoms with Crippen LogP contribution in [-0.2, 0) is 10.0 Å². The van der Waals surface area contributed by atoms with Crippen molar-refractivity contribution >= 4 is 10.0 Å². The third-order valence-electron chi connectivity index (χ3n) is 2.06. The largest absolute Gasteiger partial charge is 0.241 e. The molecule has 0 radical (unpaired) electrons. The predicted octanol–water partition coefficient (Wildman–Crippen LogP) is 1.35. The van der Waals surface area contributed by atoms with Crippen molar-refractivity contribution in [1.29, 1.82) is 0 Å². The van der Waals surface area contributed by atoms with E-state index >= 15 is 0 Å². The Balaban J connectivity index is 3.29. The van der Waals surface area contributed by atoms with Crippen molar-refractivity contribution in [3.05, 3.63) is 29.1 Å². The van der Waals surface area contributed by atoms with Crippen LogP contribution >= 0.6 is 0 Å². The van der Waals surface area contributed by atoms with E-state index < -0.39 is 15.8 Å². The second-order valence-electron chi connectivity index (χ2n) is 3.40. The van der Waals surface area contributed by atoms with Gasteiger partial charge < -0.3 is 0 Å². The maximum atomic E-state index is 13.0. The van der Waals surface area contributed by atoms with Gasteiger partial charge >= 0.3 is 0 Å². The first-order valence-electron chi connectivity index (χ1n) is 4.58. The summed E-state index contributed by atoms with van der Waals surface area (Å²) >= 11 is 0. The number of nitrogens with one attached hydrogen (secondary N) is 1. The Hall–Kier alpha value is -1.38. The van der Waals surface area contributed by atoms with Gasteiger partial charge in [-0.15, -0.1) is 6.42 Å². The van der Waals surface area contributed by atoms with E-state index in [-0.39, 0.29) is 11.4 Å². The molecule has 5 heteroatoms. The SMILES string of the molecule is C#CCNS(=O)(=O)c1c(C)cc(F)cc1C. The number of rotatable bonds is 3. The average molecular weight is 241 g/mol. The molecule has 0 saturated heterocycles. The molecular formula is C11H12FNO2S. The summed E-state index contributed by atoms with van der Waals surface area (Å²) < 4.78 is 38.9. The van der Waals surface area contributed by atoms with Crippen molar-refractivity contribution in [3.63, 3.8) is 0 Å². The maximum absolute atomic E-state index is 13.0. The van der Waals surface area contributed by atoms with Gasteiger partial charge in [0.15, 0.2) is 0 Å². The fraction of sp³-hybridized carbons (Fsp3) is 0.273. The summed E-state index contributed by atoms with van der Waals surface area (Å²) in [7, 11) is -3.66. The maximum Gasteiger partial charge on any atom is 0.241 e. The molecule has 0 fully saturated rings. The van der Waals surface area contributed by atoms with Gasteiger partial charge in [-0.05, 0) is 37.1 Å². The second-order valence-corrected chi connectivity index (χ2v) is 5.10. The lowest BCUT2D eigenvalue weighted by molar-refractivity contribution is 0.583. The molecule has 0 bridgehead atoms. The number of terminal acetylenes is 1. The molecule has 0 saturated carbocycles. The van der Waals surface area contributed by atoms with Gasteiger partial charge in [-0.1, -0.05) is 5.92 Å². The van der Waals surface area contributed by atoms with Crippen LogP contribution in [0, 0.1) is 32.0 Å². The van der Waals surface area contributed by atoms with Gasteiger partial charge in [0.1, 0.15) is 5.82 Å². The topological polar surface area (TPSA) is 46.2 Å². The molecule has 0 amide bonds. The molecule has 0 aliphatic carbocycles. The van der Waals surface area contributed by atoms with Gasteiger partial charge in [-0.2, -0.15) is 4.72 Å². The Labute approximate surface area is 94.7 Å². The van der Waals surface area contributed by atoms with Gasteiger partial charge in [0.25, 0.3) is 0 Å². The first-order valence-corrected chi connectivity index (χ1v) is 6.06. The van der Waals surface area contributed by atoms with Crippen LogP contribution in [0.15, 0.2) is 17.0 Å². The fourth-order valence-electron chi connectivity index (χ4n) is 1.53. The highest BCUT2D eigenvalue weighted by atomic mass is 32.2. The molecule has 0 aromatic heterocycles. The van der Waals surface area contributed by atoms with E-state index in [0.29, 0.717) is 11.1 Å². The highest BCUT2D eigenvalue weighted by molar-refractivity contribution is 7.89. The normalized spacial score (nSPS) is 11.1. The second kappa shape index (κ2) is 4.64. The molecule has 3 nitrogen and oxygen atoms in total. The number of halogens is 1. The van der Waals surface area contributed by atoms with E-state index in [4.69, 9.17) is 6.42 Å². The lowest BCUT2D eigenvalue weighted by Crippen LogP contribution is -2.25. The van der Waals surface area contributed by atoms with Crippen LogP contribution in [0.25, 0.3) is 0 Å². The Bertz CT molecular complexity index is 521. The average Bonchev–Trinajstić information content (AvgIpc) is 2.12. The van der Waals surface area contributed by atoms with E-state index in [1.165, 1.54) is 12.1 Å². The van der Waals surface area contributed by atoms with Crippen LogP contribution < -0.4 is 4.72 Å². The van der Waals surface area contributed by atoms with Gasteiger partial charge in [0, 0.05) is 0 Å². The van der Waals surface area contributed by atoms with Crippen molar-refractivity contribution in [1.82, 2.24) is 4.72 Å². The number of aryl methyl sites for hydroxylation is 2. The quantitative estimate of drug-likeness (QED) is 0.812. The number of benzene rings is 1. The molecule has 1 rings (SSSR count). The van der Waals surface area contributed by atoms with Crippen LogP contribution in [0.2, 0.25) is 0 Å². The Morgan fingerprint density at radius 2 is 1.88 bits per heavy atom. The first kappa shape index (κ1) is 12.7. The minimum absolute atomic E-state index is 0.0847. The third-order valence-corrected chi connectivity index (χ3v) is 3.76. The molecule has 0 heterocycles. The highest BCUT2D eigenvalue weighted by Gasteiger charge is 2.19. The molecule has 0 atom stereocenters. The van der Waals surface area contributed by atoms with Crippen LogP contribution in [0.3, 0.4) is 0 Å². The minimum Gasteiger partial charge on any atom is -0.207 e. The predicted molar refractivity (Wildman–Crippen MR) is 59.9 cm³/mol. The Morgan fingerprint density at radius 3 is 2.31 bits per heavy atom. The molecule has 1 N–H and O–H groups in total. The summed E-state index contributed by atoms with van der Waals surface area (Å²) in [4.78, 5) is 0.0872. The third kappa shape index (κ3) is 2.60. The van der Waals surface area contributed by atoms with Crippen molar-refractivity contribution < 1.29 is 12.8 Å². The van der Waals surface area contributed by atoms with Gasteiger partial charge in [-0.25, -0.2) is 12.8 Å². The van der Waals surface area contributed by atoms with Gasteiger partial charge in [0.05, 0.1) is 11.4 Å². The van der Waals surface area contributed by atoms with Gasteiger partial charge in [-0.3, -0.25) is 0 Å². The van der Waals surface area contributed by atoms with Crippen molar-refractivity contribution in [2.75, 3.05) is 6.54 Å². The zero-order valence-electron chi connectivity index (χ0n) is 9.04. The van der Waals surface area contributed by atoms with Crippen LogP contribution in [0.4, 0.5) is 4.39 Å². The zero-order chi connectivity index (χ0) is 12.3. The first-order chi connectivity index (χ1) is 7.38. The summed E-state index contributed by atoms with van der Waals surface area (Å²) in [5.74, 6) is 1.73. The lowest BCUT2D eigenvalue weighted by atomic mass is 10.1. The van der Waals surface area contributed by atoms with E-state index in [0.717, 1.165) is 0 Å². The Morgan fingerprint density at radius 1 is 1.38 bits per heavy atom. The summed E-state index contributed by atoms with van der Waals surface area (Å²) in [6.45, 7) is 3.00. The molecule has 0 unspecified atom stereocenters. The van der Waals surface area contributed by atoms with Crippen LogP contribution in [0.5, 0.6) is 0 Å². The summed E-state index contributed by atoms with van der Waals surface area (Å²) in [5.41, 5.74) is 0.726. The zero-order valence-corrected chi connectivity index (χ0v) is 9.86. The molecule has 16 heavy (non-hydrogen) atoms. The fourth-order valence-corrected chi connectivity index (χ4v) is 2.91. The molecule has 0 aliphatic rings. The summed E-state index contributed by atoms with van der Waals surface area (Å²) in [6, 6.07) is 2.36. The number of hydrogen-bond acceptors (Lipinski definition) is 2. The van der Waals surface area contributed by atoms with Gasteiger partial charge in [0.2, 0.25) is 10.0 Å². The number of sulfonamides is 1. The van der Waals surface area contributed by atoms with Crippen LogP contribution in [0.1, 0.15) is 11.1 Å². The van der Waals surface area contributed by atoms with E-state index in [2.05, 4.69) is 10.6 Å². The van der Waals surface area contributed by atoms with Crippen molar-refractivity contribution in [2.45, 2.75) is 18.7 Å². The minimum atomic E-state index is -3.66. The molecule has 1 aromatic rings. The van der Waals surface area contributed by atoms with Crippen molar-refractivity contribution in [2.24, 2.45) is 0 Å². The Kier molecular flexibility index (Phi) is 3.68. The molecule has 0 aliphatic heterocycles. The molecule has 0 spiro atoms. The molecular weight excluding hydrogens is 229 g/mol. The van der Waals surface area contributed by atoms with Crippen LogP contribution in [-0.4, -0.2) is 15.0 Å². The summed E-state index contributed by atoms with van der Waals surface area (Å²) in [5, 5.41) is 0. The highest BCUT2D eigenvalue weighted by Crippen LogP contribution is 2.20. The van der Waals surface area contributed by atoms with E-state index in [1.807, 2.05) is 0 Å². The smallest absolute Gasteiger partial charge is 0.207 e. The monoisotopic (exact) mass is 241 g/mol. The number of hydrogen-bond donors (Lipinski definition) is 1. The molecule has 1 aromatic carbocycles.